The molecule has 0 amide bonds. The largest absolute Gasteiger partial charge is 3.00 e. The van der Waals surface area contributed by atoms with Crippen molar-refractivity contribution in [1.29, 1.82) is 0 Å². The molecule has 1 aliphatic rings. The van der Waals surface area contributed by atoms with Crippen LogP contribution in [0.4, 0.5) is 0 Å². The molecule has 1 aromatic heterocycles. The van der Waals surface area contributed by atoms with Crippen LogP contribution in [0.5, 0.6) is 0 Å². The molecule has 2 bridgehead atoms. The van der Waals surface area contributed by atoms with Crippen LogP contribution < -0.4 is 0 Å². The molecule has 2 heterocycles. The quantitative estimate of drug-likeness (QED) is 0.143. The van der Waals surface area contributed by atoms with Crippen molar-refractivity contribution in [2.75, 3.05) is 26.2 Å². The number of carboxylic acids is 6. The van der Waals surface area contributed by atoms with Gasteiger partial charge in [-0.15, -0.1) is 0 Å². The van der Waals surface area contributed by atoms with Crippen LogP contribution in [0.2, 0.25) is 0 Å². The van der Waals surface area contributed by atoms with Crippen LogP contribution >= 0.6 is 15.9 Å². The van der Waals surface area contributed by atoms with Gasteiger partial charge in [0.25, 0.3) is 0 Å². The third-order valence-electron chi connectivity index (χ3n) is 7.05. The first kappa shape index (κ1) is 39.7. The van der Waals surface area contributed by atoms with E-state index in [2.05, 4.69) is 20.9 Å². The molecule has 0 spiro atoms. The number of fused-ring (bicyclic) bond motifs is 2. The standard InChI is InChI=1S/C26H35BrN4O12.Gd/c27-15-11-16-13-30(19(25(40)41)2-5-22(34)35)9-7-29(18(24(38)39)1-4-21(32)33)8-10-31(14-17(12-15)28-16)20(26(42)43)3-6-23(36)37;/h11-12,18-20H,1-10,13-14H2,(H,32,33)(H,34,35)(H,36,37)(H,38,39)(H,40,41)(H,42,43);/q;+3. The number of hydrogen-bond acceptors (Lipinski definition) is 10. The van der Waals surface area contributed by atoms with Gasteiger partial charge in [0.05, 0.1) is 11.4 Å². The number of hydrogen-bond donors (Lipinski definition) is 6. The SMILES string of the molecule is O=C(O)CCC(C(=O)O)N1CCN(C(CCC(=O)O)C(=O)O)Cc2cc(Br)cc(n2)CN(C(CCC(=O)O)C(=O)O)CC1.[Gd+3]. The Balaban J connectivity index is 0.00000968. The van der Waals surface area contributed by atoms with Crippen molar-refractivity contribution in [3.05, 3.63) is 28.0 Å². The molecule has 0 aromatic carbocycles. The van der Waals surface area contributed by atoms with Crippen molar-refractivity contribution < 1.29 is 99.3 Å². The number of carbonyl (C=O) groups is 6. The fraction of sp³-hybridized carbons (Fsp3) is 0.577. The molecular weight excluding hydrogens is 797 g/mol. The van der Waals surface area contributed by atoms with Gasteiger partial charge < -0.3 is 30.6 Å². The summed E-state index contributed by atoms with van der Waals surface area (Å²) in [5.74, 6) is -7.52. The van der Waals surface area contributed by atoms with Crippen molar-refractivity contribution >= 4 is 51.7 Å². The number of pyridine rings is 1. The van der Waals surface area contributed by atoms with E-state index in [4.69, 9.17) is 10.2 Å². The van der Waals surface area contributed by atoms with Gasteiger partial charge in [-0.1, -0.05) is 15.9 Å². The summed E-state index contributed by atoms with van der Waals surface area (Å²) in [7, 11) is 0. The first-order valence-corrected chi connectivity index (χ1v) is 14.2. The van der Waals surface area contributed by atoms with Gasteiger partial charge in [0, 0.05) is 63.0 Å². The second kappa shape index (κ2) is 19.2. The van der Waals surface area contributed by atoms with Gasteiger partial charge in [0.15, 0.2) is 0 Å². The van der Waals surface area contributed by atoms with Gasteiger partial charge >= 0.3 is 75.8 Å². The third kappa shape index (κ3) is 13.3. The molecule has 0 fully saturated rings. The first-order chi connectivity index (χ1) is 20.2. The average molecular weight is 833 g/mol. The summed E-state index contributed by atoms with van der Waals surface area (Å²) in [4.78, 5) is 79.4. The summed E-state index contributed by atoms with van der Waals surface area (Å²) >= 11 is 3.39. The zero-order valence-electron chi connectivity index (χ0n) is 23.5. The number of carboxylic acid groups (broad SMARTS) is 6. The van der Waals surface area contributed by atoms with E-state index in [9.17, 15) is 49.2 Å². The van der Waals surface area contributed by atoms with E-state index in [1.807, 2.05) is 0 Å². The average Bonchev–Trinajstić information content (AvgIpc) is 2.87. The summed E-state index contributed by atoms with van der Waals surface area (Å²) in [6.07, 6.45) is -2.13. The number of aliphatic carboxylic acids is 6. The summed E-state index contributed by atoms with van der Waals surface area (Å²) in [5.41, 5.74) is 0.743. The molecule has 1 aromatic rings. The minimum absolute atomic E-state index is 0. The number of rotatable bonds is 15. The minimum atomic E-state index is -1.33. The van der Waals surface area contributed by atoms with Gasteiger partial charge in [-0.05, 0) is 31.4 Å². The van der Waals surface area contributed by atoms with E-state index in [1.165, 1.54) is 14.7 Å². The Labute approximate surface area is 292 Å². The van der Waals surface area contributed by atoms with E-state index in [0.29, 0.717) is 15.9 Å². The first-order valence-electron chi connectivity index (χ1n) is 13.4. The molecule has 3 unspecified atom stereocenters. The van der Waals surface area contributed by atoms with Gasteiger partial charge in [-0.3, -0.25) is 48.5 Å². The fourth-order valence-corrected chi connectivity index (χ4v) is 5.51. The van der Waals surface area contributed by atoms with Crippen LogP contribution in [0.25, 0.3) is 0 Å². The topological polar surface area (TPSA) is 246 Å². The molecular formula is C26H35BrGdN4O12+3. The Kier molecular flexibility index (Phi) is 17.3. The second-order valence-corrected chi connectivity index (χ2v) is 11.0. The second-order valence-electron chi connectivity index (χ2n) is 10.1. The smallest absolute Gasteiger partial charge is 0.481 e. The zero-order valence-corrected chi connectivity index (χ0v) is 27.4. The number of halogens is 1. The maximum Gasteiger partial charge on any atom is 3.00 e. The van der Waals surface area contributed by atoms with Gasteiger partial charge in [0.1, 0.15) is 18.1 Å². The molecule has 1 radical (unpaired) electrons. The third-order valence-corrected chi connectivity index (χ3v) is 7.51. The van der Waals surface area contributed by atoms with E-state index in [-0.39, 0.29) is 98.5 Å². The van der Waals surface area contributed by atoms with Crippen LogP contribution in [0, 0.1) is 39.9 Å². The molecule has 3 atom stereocenters. The maximum absolute atomic E-state index is 12.3. The Morgan fingerprint density at radius 2 is 0.909 bits per heavy atom. The maximum atomic E-state index is 12.3. The molecule has 44 heavy (non-hydrogen) atoms. The Hall–Kier alpha value is -2.35. The van der Waals surface area contributed by atoms with Crippen LogP contribution in [-0.2, 0) is 41.9 Å². The zero-order chi connectivity index (χ0) is 32.3. The van der Waals surface area contributed by atoms with Gasteiger partial charge in [-0.25, -0.2) is 0 Å². The molecule has 6 N–H and O–H groups in total. The minimum Gasteiger partial charge on any atom is -0.481 e. The molecule has 0 saturated heterocycles. The molecule has 18 heteroatoms. The number of nitrogens with zero attached hydrogens (tertiary/aromatic N) is 4. The van der Waals surface area contributed by atoms with Crippen molar-refractivity contribution in [3.63, 3.8) is 0 Å². The summed E-state index contributed by atoms with van der Waals surface area (Å²) in [6.45, 7) is -0.475. The molecule has 2 rings (SSSR count). The molecule has 1 aliphatic heterocycles. The van der Waals surface area contributed by atoms with Crippen LogP contribution in [0.15, 0.2) is 16.6 Å². The molecule has 243 valence electrons. The van der Waals surface area contributed by atoms with Crippen LogP contribution in [0.1, 0.15) is 49.9 Å². The Morgan fingerprint density at radius 3 is 1.20 bits per heavy atom. The number of aromatic nitrogens is 1. The molecule has 0 saturated carbocycles. The van der Waals surface area contributed by atoms with Gasteiger partial charge in [0.2, 0.25) is 0 Å². The molecule has 0 aliphatic carbocycles. The summed E-state index contributed by atoms with van der Waals surface area (Å²) in [5, 5.41) is 57.4. The molecule has 16 nitrogen and oxygen atoms in total. The van der Waals surface area contributed by atoms with Crippen molar-refractivity contribution in [2.45, 2.75) is 69.7 Å². The predicted octanol–water partition coefficient (Wildman–Crippen LogP) is 0.718. The summed E-state index contributed by atoms with van der Waals surface area (Å²) < 4.78 is 0.556. The normalized spacial score (nSPS) is 17.1. The van der Waals surface area contributed by atoms with E-state index < -0.39 is 73.2 Å². The van der Waals surface area contributed by atoms with Crippen molar-refractivity contribution in [2.24, 2.45) is 0 Å². The van der Waals surface area contributed by atoms with Crippen molar-refractivity contribution in [3.8, 4) is 0 Å². The Morgan fingerprint density at radius 1 is 0.614 bits per heavy atom. The monoisotopic (exact) mass is 832 g/mol. The van der Waals surface area contributed by atoms with Crippen molar-refractivity contribution in [1.82, 2.24) is 19.7 Å². The van der Waals surface area contributed by atoms with Crippen LogP contribution in [0.3, 0.4) is 0 Å². The van der Waals surface area contributed by atoms with E-state index in [1.54, 1.807) is 12.1 Å². The Bertz CT molecular complexity index is 1140. The van der Waals surface area contributed by atoms with Gasteiger partial charge in [-0.2, -0.15) is 0 Å². The van der Waals surface area contributed by atoms with E-state index in [0.717, 1.165) is 0 Å². The van der Waals surface area contributed by atoms with Crippen LogP contribution in [-0.4, -0.2) is 130 Å². The predicted molar refractivity (Wildman–Crippen MR) is 149 cm³/mol. The van der Waals surface area contributed by atoms with E-state index >= 15 is 0 Å². The fourth-order valence-electron chi connectivity index (χ4n) is 4.98. The summed E-state index contributed by atoms with van der Waals surface area (Å²) in [6, 6.07) is -0.621.